The van der Waals surface area contributed by atoms with Crippen LogP contribution in [0.3, 0.4) is 0 Å². The molecule has 2 aliphatic carbocycles. The highest BCUT2D eigenvalue weighted by molar-refractivity contribution is 6.19. The summed E-state index contributed by atoms with van der Waals surface area (Å²) in [5, 5.41) is 5.13. The highest BCUT2D eigenvalue weighted by Crippen LogP contribution is 2.63. The molecule has 1 heteroatoms. The van der Waals surface area contributed by atoms with Gasteiger partial charge in [-0.15, -0.1) is 0 Å². The van der Waals surface area contributed by atoms with E-state index in [2.05, 4.69) is 148 Å². The second kappa shape index (κ2) is 10.2. The van der Waals surface area contributed by atoms with Crippen LogP contribution < -0.4 is 4.74 Å². The van der Waals surface area contributed by atoms with Crippen LogP contribution in [-0.4, -0.2) is 0 Å². The van der Waals surface area contributed by atoms with E-state index in [0.717, 1.165) is 18.1 Å². The predicted molar refractivity (Wildman–Crippen MR) is 193 cm³/mol. The molecule has 0 bridgehead atoms. The zero-order valence-corrected chi connectivity index (χ0v) is 27.0. The highest BCUT2D eigenvalue weighted by atomic mass is 16.5. The third-order valence-electron chi connectivity index (χ3n) is 11.6. The van der Waals surface area contributed by atoms with Gasteiger partial charge in [-0.1, -0.05) is 141 Å². The van der Waals surface area contributed by atoms with Crippen LogP contribution in [0.1, 0.15) is 66.5 Å². The van der Waals surface area contributed by atoms with Gasteiger partial charge in [-0.2, -0.15) is 0 Å². The zero-order chi connectivity index (χ0) is 31.0. The van der Waals surface area contributed by atoms with Gasteiger partial charge in [0.2, 0.25) is 0 Å². The maximum Gasteiger partial charge on any atom is 0.157 e. The summed E-state index contributed by atoms with van der Waals surface area (Å²) in [5.41, 5.74) is 10.0. The van der Waals surface area contributed by atoms with Crippen molar-refractivity contribution in [1.82, 2.24) is 0 Å². The van der Waals surface area contributed by atoms with E-state index in [-0.39, 0.29) is 5.41 Å². The number of benzene rings is 6. The Balaban J connectivity index is 1.38. The summed E-state index contributed by atoms with van der Waals surface area (Å²) in [6.45, 7) is 7.15. The molecule has 0 amide bonds. The second-order valence-corrected chi connectivity index (χ2v) is 14.4. The van der Waals surface area contributed by atoms with E-state index in [0.29, 0.717) is 5.92 Å². The average molecular weight is 597 g/mol. The molecule has 1 heterocycles. The van der Waals surface area contributed by atoms with Crippen molar-refractivity contribution in [2.45, 2.75) is 57.5 Å². The van der Waals surface area contributed by atoms with Crippen molar-refractivity contribution in [3.05, 3.63) is 155 Å². The fourth-order valence-corrected chi connectivity index (χ4v) is 9.29. The first kappa shape index (κ1) is 27.7. The average Bonchev–Trinajstić information content (AvgIpc) is 3.65. The van der Waals surface area contributed by atoms with Crippen molar-refractivity contribution < 1.29 is 4.74 Å². The Labute approximate surface area is 272 Å². The third-order valence-corrected chi connectivity index (χ3v) is 11.6. The van der Waals surface area contributed by atoms with Gasteiger partial charge in [0.1, 0.15) is 5.75 Å². The molecule has 4 atom stereocenters. The lowest BCUT2D eigenvalue weighted by Crippen LogP contribution is -2.37. The highest BCUT2D eigenvalue weighted by Gasteiger charge is 2.50. The topological polar surface area (TPSA) is 9.23 Å². The van der Waals surface area contributed by atoms with Gasteiger partial charge in [-0.05, 0) is 87.9 Å². The SMILES string of the molecule is Cc1ccc(C2(Cc3ccccc3)C=Cc3c4c(c5c(ccc6ccccc65)c3O2)-c2ccccc2C4(C)C2CCC(C)C2)cc1. The molecule has 0 saturated heterocycles. The summed E-state index contributed by atoms with van der Waals surface area (Å²) in [7, 11) is 0. The molecule has 0 spiro atoms. The quantitative estimate of drug-likeness (QED) is 0.184. The second-order valence-electron chi connectivity index (χ2n) is 14.4. The van der Waals surface area contributed by atoms with E-state index in [1.54, 1.807) is 0 Å². The number of fused-ring (bicyclic) bond motifs is 10. The molecule has 6 aromatic rings. The van der Waals surface area contributed by atoms with Crippen molar-refractivity contribution >= 4 is 27.6 Å². The molecular formula is C45H40O. The number of hydrogen-bond acceptors (Lipinski definition) is 1. The molecule has 0 N–H and O–H groups in total. The first-order valence-electron chi connectivity index (χ1n) is 17.1. The fourth-order valence-electron chi connectivity index (χ4n) is 9.29. The van der Waals surface area contributed by atoms with Crippen molar-refractivity contribution in [2.75, 3.05) is 0 Å². The third kappa shape index (κ3) is 3.94. The monoisotopic (exact) mass is 596 g/mol. The minimum Gasteiger partial charge on any atom is -0.477 e. The summed E-state index contributed by atoms with van der Waals surface area (Å²) in [6.07, 6.45) is 9.41. The molecule has 4 unspecified atom stereocenters. The van der Waals surface area contributed by atoms with E-state index in [1.807, 2.05) is 0 Å². The van der Waals surface area contributed by atoms with Crippen molar-refractivity contribution in [3.8, 4) is 16.9 Å². The van der Waals surface area contributed by atoms with E-state index < -0.39 is 5.60 Å². The van der Waals surface area contributed by atoms with Crippen LogP contribution in [0.15, 0.2) is 121 Å². The van der Waals surface area contributed by atoms with E-state index in [4.69, 9.17) is 4.74 Å². The first-order chi connectivity index (χ1) is 22.5. The minimum atomic E-state index is -0.626. The molecule has 1 saturated carbocycles. The standard InChI is InChI=1S/C45H40O/c1-29-17-21-33(22-18-29)45(28-31-11-5-4-6-12-31)26-25-38-42-41(40-35-14-8-7-13-32(35)20-24-37(40)43(38)46-45)36-15-9-10-16-39(36)44(42,3)34-23-19-30(2)27-34/h4-18,20-22,24-26,30,34H,19,23,27-28H2,1-3H3. The van der Waals surface area contributed by atoms with Gasteiger partial charge in [0, 0.05) is 28.2 Å². The van der Waals surface area contributed by atoms with Gasteiger partial charge in [-0.25, -0.2) is 0 Å². The molecule has 46 heavy (non-hydrogen) atoms. The molecule has 0 aromatic heterocycles. The lowest BCUT2D eigenvalue weighted by atomic mass is 9.67. The van der Waals surface area contributed by atoms with E-state index in [1.165, 1.54) is 85.3 Å². The van der Waals surface area contributed by atoms with Gasteiger partial charge in [0.25, 0.3) is 0 Å². The Morgan fingerprint density at radius 3 is 2.33 bits per heavy atom. The molecule has 3 aliphatic rings. The van der Waals surface area contributed by atoms with Gasteiger partial charge in [0.05, 0.1) is 0 Å². The van der Waals surface area contributed by atoms with Crippen molar-refractivity contribution in [1.29, 1.82) is 0 Å². The van der Waals surface area contributed by atoms with Gasteiger partial charge < -0.3 is 4.74 Å². The number of ether oxygens (including phenoxy) is 1. The molecule has 9 rings (SSSR count). The van der Waals surface area contributed by atoms with E-state index in [9.17, 15) is 0 Å². The van der Waals surface area contributed by atoms with Gasteiger partial charge >= 0.3 is 0 Å². The van der Waals surface area contributed by atoms with Crippen LogP contribution in [0.2, 0.25) is 0 Å². The fraction of sp³-hybridized carbons (Fsp3) is 0.244. The molecule has 226 valence electrons. The van der Waals surface area contributed by atoms with Crippen LogP contribution in [-0.2, 0) is 17.4 Å². The molecular weight excluding hydrogens is 556 g/mol. The predicted octanol–water partition coefficient (Wildman–Crippen LogP) is 11.6. The first-order valence-corrected chi connectivity index (χ1v) is 17.1. The number of hydrogen-bond donors (Lipinski definition) is 0. The van der Waals surface area contributed by atoms with Crippen LogP contribution in [0.25, 0.3) is 38.7 Å². The summed E-state index contributed by atoms with van der Waals surface area (Å²) >= 11 is 0. The Morgan fingerprint density at radius 1 is 0.761 bits per heavy atom. The summed E-state index contributed by atoms with van der Waals surface area (Å²) in [4.78, 5) is 0. The van der Waals surface area contributed by atoms with E-state index >= 15 is 0 Å². The van der Waals surface area contributed by atoms with Crippen LogP contribution in [0.4, 0.5) is 0 Å². The van der Waals surface area contributed by atoms with Crippen LogP contribution in [0, 0.1) is 18.8 Å². The Hall–Kier alpha value is -4.62. The van der Waals surface area contributed by atoms with Crippen LogP contribution in [0.5, 0.6) is 5.75 Å². The molecule has 0 radical (unpaired) electrons. The minimum absolute atomic E-state index is 0.0944. The molecule has 1 fully saturated rings. The Kier molecular flexibility index (Phi) is 6.13. The lowest BCUT2D eigenvalue weighted by molar-refractivity contribution is 0.118. The summed E-state index contributed by atoms with van der Waals surface area (Å²) in [5.74, 6) is 2.37. The Bertz CT molecular complexity index is 2170. The molecule has 1 aliphatic heterocycles. The zero-order valence-electron chi connectivity index (χ0n) is 27.0. The van der Waals surface area contributed by atoms with Gasteiger partial charge in [0.15, 0.2) is 5.60 Å². The Morgan fingerprint density at radius 2 is 1.52 bits per heavy atom. The summed E-state index contributed by atoms with van der Waals surface area (Å²) < 4.78 is 7.63. The lowest BCUT2D eigenvalue weighted by Gasteiger charge is -2.40. The summed E-state index contributed by atoms with van der Waals surface area (Å²) in [6, 6.07) is 42.6. The maximum atomic E-state index is 7.63. The number of aryl methyl sites for hydroxylation is 1. The normalized spacial score (nSPS) is 24.5. The largest absolute Gasteiger partial charge is 0.477 e. The van der Waals surface area contributed by atoms with Gasteiger partial charge in [-0.3, -0.25) is 0 Å². The van der Waals surface area contributed by atoms with Crippen molar-refractivity contribution in [2.24, 2.45) is 11.8 Å². The van der Waals surface area contributed by atoms with Crippen molar-refractivity contribution in [3.63, 3.8) is 0 Å². The number of rotatable bonds is 4. The smallest absolute Gasteiger partial charge is 0.157 e. The maximum absolute atomic E-state index is 7.63. The molecule has 1 nitrogen and oxygen atoms in total. The van der Waals surface area contributed by atoms with Crippen LogP contribution >= 0.6 is 0 Å². The molecule has 6 aromatic carbocycles.